The SMILES string of the molecule is O=C(OCc1cnn(-c2ccccc2)c1)c1cccc(O)c1. The molecule has 1 aromatic heterocycles. The van der Waals surface area contributed by atoms with Gasteiger partial charge in [-0.3, -0.25) is 0 Å². The number of hydrogen-bond acceptors (Lipinski definition) is 4. The van der Waals surface area contributed by atoms with E-state index in [1.54, 1.807) is 23.0 Å². The third kappa shape index (κ3) is 3.15. The van der Waals surface area contributed by atoms with Crippen LogP contribution in [0, 0.1) is 0 Å². The van der Waals surface area contributed by atoms with Crippen molar-refractivity contribution in [3.63, 3.8) is 0 Å². The van der Waals surface area contributed by atoms with E-state index in [0.717, 1.165) is 11.3 Å². The number of carbonyl (C=O) groups is 1. The van der Waals surface area contributed by atoms with Crippen LogP contribution in [0.3, 0.4) is 0 Å². The predicted octanol–water partition coefficient (Wildman–Crippen LogP) is 2.93. The van der Waals surface area contributed by atoms with Gasteiger partial charge in [0.25, 0.3) is 0 Å². The van der Waals surface area contributed by atoms with Crippen LogP contribution in [-0.2, 0) is 11.3 Å². The second-order valence-corrected chi connectivity index (χ2v) is 4.76. The molecule has 0 fully saturated rings. The number of nitrogens with zero attached hydrogens (tertiary/aromatic N) is 2. The zero-order valence-corrected chi connectivity index (χ0v) is 11.7. The third-order valence-electron chi connectivity index (χ3n) is 3.11. The van der Waals surface area contributed by atoms with Crippen LogP contribution >= 0.6 is 0 Å². The van der Waals surface area contributed by atoms with Gasteiger partial charge in [0.2, 0.25) is 0 Å². The molecule has 0 unspecified atom stereocenters. The van der Waals surface area contributed by atoms with E-state index in [1.165, 1.54) is 12.1 Å². The lowest BCUT2D eigenvalue weighted by atomic mass is 10.2. The van der Waals surface area contributed by atoms with Crippen molar-refractivity contribution in [1.82, 2.24) is 9.78 Å². The Morgan fingerprint density at radius 2 is 1.95 bits per heavy atom. The second-order valence-electron chi connectivity index (χ2n) is 4.76. The molecule has 5 heteroatoms. The summed E-state index contributed by atoms with van der Waals surface area (Å²) in [6, 6.07) is 15.7. The molecule has 1 heterocycles. The summed E-state index contributed by atoms with van der Waals surface area (Å²) in [5, 5.41) is 13.6. The maximum absolute atomic E-state index is 11.9. The normalized spacial score (nSPS) is 10.4. The Balaban J connectivity index is 1.65. The van der Waals surface area contributed by atoms with Gasteiger partial charge in [-0.2, -0.15) is 5.10 Å². The van der Waals surface area contributed by atoms with E-state index < -0.39 is 5.97 Å². The van der Waals surface area contributed by atoms with E-state index in [0.29, 0.717) is 5.56 Å². The Morgan fingerprint density at radius 3 is 2.73 bits per heavy atom. The molecular weight excluding hydrogens is 280 g/mol. The monoisotopic (exact) mass is 294 g/mol. The van der Waals surface area contributed by atoms with Crippen LogP contribution in [0.15, 0.2) is 67.0 Å². The first-order valence-corrected chi connectivity index (χ1v) is 6.77. The smallest absolute Gasteiger partial charge is 0.338 e. The van der Waals surface area contributed by atoms with E-state index in [-0.39, 0.29) is 12.4 Å². The molecule has 1 N–H and O–H groups in total. The van der Waals surface area contributed by atoms with Gasteiger partial charge in [-0.15, -0.1) is 0 Å². The summed E-state index contributed by atoms with van der Waals surface area (Å²) in [4.78, 5) is 11.9. The minimum atomic E-state index is -0.483. The summed E-state index contributed by atoms with van der Waals surface area (Å²) in [6.45, 7) is 0.126. The van der Waals surface area contributed by atoms with Crippen LogP contribution in [0.5, 0.6) is 5.75 Å². The summed E-state index contributed by atoms with van der Waals surface area (Å²) in [5.41, 5.74) is 2.04. The summed E-state index contributed by atoms with van der Waals surface area (Å²) >= 11 is 0. The highest BCUT2D eigenvalue weighted by Gasteiger charge is 2.09. The number of phenolic OH excluding ortho intramolecular Hbond substituents is 1. The van der Waals surface area contributed by atoms with Gasteiger partial charge in [0.15, 0.2) is 0 Å². The number of aromatic nitrogens is 2. The summed E-state index contributed by atoms with van der Waals surface area (Å²) < 4.78 is 6.93. The average Bonchev–Trinajstić information content (AvgIpc) is 3.02. The number of aromatic hydroxyl groups is 1. The number of para-hydroxylation sites is 1. The van der Waals surface area contributed by atoms with E-state index in [2.05, 4.69) is 5.10 Å². The van der Waals surface area contributed by atoms with E-state index in [4.69, 9.17) is 4.74 Å². The van der Waals surface area contributed by atoms with E-state index in [9.17, 15) is 9.90 Å². The van der Waals surface area contributed by atoms with Crippen LogP contribution < -0.4 is 0 Å². The molecule has 0 saturated carbocycles. The number of hydrogen-bond donors (Lipinski definition) is 1. The van der Waals surface area contributed by atoms with Crippen molar-refractivity contribution in [1.29, 1.82) is 0 Å². The van der Waals surface area contributed by atoms with Crippen LogP contribution in [0.1, 0.15) is 15.9 Å². The number of esters is 1. The Labute approximate surface area is 127 Å². The lowest BCUT2D eigenvalue weighted by Gasteiger charge is -2.03. The van der Waals surface area contributed by atoms with Crippen molar-refractivity contribution in [3.05, 3.63) is 78.1 Å². The quantitative estimate of drug-likeness (QED) is 0.751. The fourth-order valence-corrected chi connectivity index (χ4v) is 2.02. The van der Waals surface area contributed by atoms with Crippen molar-refractivity contribution < 1.29 is 14.6 Å². The Kier molecular flexibility index (Phi) is 3.87. The molecular formula is C17H14N2O3. The van der Waals surface area contributed by atoms with Gasteiger partial charge in [0.05, 0.1) is 17.4 Å². The molecule has 0 amide bonds. The fourth-order valence-electron chi connectivity index (χ4n) is 2.02. The van der Waals surface area contributed by atoms with Crippen molar-refractivity contribution in [3.8, 4) is 11.4 Å². The number of carbonyl (C=O) groups excluding carboxylic acids is 1. The molecule has 0 aliphatic carbocycles. The van der Waals surface area contributed by atoms with Crippen LogP contribution in [0.25, 0.3) is 5.69 Å². The predicted molar refractivity (Wildman–Crippen MR) is 80.8 cm³/mol. The molecule has 2 aromatic carbocycles. The van der Waals surface area contributed by atoms with Crippen molar-refractivity contribution in [2.45, 2.75) is 6.61 Å². The molecule has 22 heavy (non-hydrogen) atoms. The highest BCUT2D eigenvalue weighted by Crippen LogP contribution is 2.13. The summed E-state index contributed by atoms with van der Waals surface area (Å²) in [5.74, 6) is -0.449. The lowest BCUT2D eigenvalue weighted by Crippen LogP contribution is -2.04. The maximum atomic E-state index is 11.9. The van der Waals surface area contributed by atoms with E-state index >= 15 is 0 Å². The molecule has 0 aliphatic heterocycles. The summed E-state index contributed by atoms with van der Waals surface area (Å²) in [7, 11) is 0. The zero-order chi connectivity index (χ0) is 15.4. The Bertz CT molecular complexity index is 781. The number of phenols is 1. The molecule has 0 bridgehead atoms. The molecule has 110 valence electrons. The molecule has 3 aromatic rings. The molecule has 0 spiro atoms. The first-order valence-electron chi connectivity index (χ1n) is 6.77. The van der Waals surface area contributed by atoms with Crippen molar-refractivity contribution >= 4 is 5.97 Å². The highest BCUT2D eigenvalue weighted by molar-refractivity contribution is 5.89. The van der Waals surface area contributed by atoms with Gasteiger partial charge < -0.3 is 9.84 Å². The van der Waals surface area contributed by atoms with Gasteiger partial charge >= 0.3 is 5.97 Å². The van der Waals surface area contributed by atoms with E-state index in [1.807, 2.05) is 36.5 Å². The summed E-state index contributed by atoms with van der Waals surface area (Å²) in [6.07, 6.45) is 3.47. The average molecular weight is 294 g/mol. The zero-order valence-electron chi connectivity index (χ0n) is 11.7. The minimum Gasteiger partial charge on any atom is -0.508 e. The lowest BCUT2D eigenvalue weighted by molar-refractivity contribution is 0.0472. The molecule has 5 nitrogen and oxygen atoms in total. The Hall–Kier alpha value is -3.08. The van der Waals surface area contributed by atoms with Crippen molar-refractivity contribution in [2.75, 3.05) is 0 Å². The van der Waals surface area contributed by atoms with Gasteiger partial charge in [0.1, 0.15) is 12.4 Å². The number of rotatable bonds is 4. The first-order chi connectivity index (χ1) is 10.7. The van der Waals surface area contributed by atoms with Crippen LogP contribution in [0.2, 0.25) is 0 Å². The van der Waals surface area contributed by atoms with Crippen molar-refractivity contribution in [2.24, 2.45) is 0 Å². The second kappa shape index (κ2) is 6.13. The standard InChI is InChI=1S/C17H14N2O3/c20-16-8-4-5-14(9-16)17(21)22-12-13-10-18-19(11-13)15-6-2-1-3-7-15/h1-11,20H,12H2. The molecule has 0 saturated heterocycles. The molecule has 0 aliphatic rings. The molecule has 0 radical (unpaired) electrons. The third-order valence-corrected chi connectivity index (χ3v) is 3.11. The van der Waals surface area contributed by atoms with Crippen LogP contribution in [0.4, 0.5) is 0 Å². The minimum absolute atomic E-state index is 0.0337. The maximum Gasteiger partial charge on any atom is 0.338 e. The van der Waals surface area contributed by atoms with Gasteiger partial charge in [-0.25, -0.2) is 9.48 Å². The largest absolute Gasteiger partial charge is 0.508 e. The Morgan fingerprint density at radius 1 is 1.14 bits per heavy atom. The van der Waals surface area contributed by atoms with Crippen LogP contribution in [-0.4, -0.2) is 20.9 Å². The topological polar surface area (TPSA) is 64.3 Å². The van der Waals surface area contributed by atoms with Gasteiger partial charge in [-0.05, 0) is 30.3 Å². The highest BCUT2D eigenvalue weighted by atomic mass is 16.5. The van der Waals surface area contributed by atoms with Gasteiger partial charge in [0, 0.05) is 11.8 Å². The molecule has 0 atom stereocenters. The first kappa shape index (κ1) is 13.9. The molecule has 3 rings (SSSR count). The van der Waals surface area contributed by atoms with Gasteiger partial charge in [-0.1, -0.05) is 24.3 Å². The fraction of sp³-hybridized carbons (Fsp3) is 0.0588. The number of ether oxygens (including phenoxy) is 1. The number of benzene rings is 2.